The van der Waals surface area contributed by atoms with E-state index in [4.69, 9.17) is 5.11 Å². The van der Waals surface area contributed by atoms with Gasteiger partial charge < -0.3 is 20.4 Å². The van der Waals surface area contributed by atoms with Crippen molar-refractivity contribution in [1.82, 2.24) is 0 Å². The minimum atomic E-state index is -5.42. The van der Waals surface area contributed by atoms with Crippen molar-refractivity contribution in [3.05, 3.63) is 34.6 Å². The van der Waals surface area contributed by atoms with Crippen molar-refractivity contribution in [3.8, 4) is 0 Å². The van der Waals surface area contributed by atoms with Crippen LogP contribution in [0.1, 0.15) is 12.0 Å². The van der Waals surface area contributed by atoms with Gasteiger partial charge in [0.1, 0.15) is 6.10 Å². The number of ketones is 1. The zero-order valence-corrected chi connectivity index (χ0v) is 12.7. The average Bonchev–Trinajstić information content (AvgIpc) is 2.55. The lowest BCUT2D eigenvalue weighted by Crippen LogP contribution is -2.65. The van der Waals surface area contributed by atoms with Crippen LogP contribution in [-0.2, 0) is 15.5 Å². The fourth-order valence-electron chi connectivity index (χ4n) is 2.91. The Kier molecular flexibility index (Phi) is 5.01. The Balaban J connectivity index is 2.81. The molecule has 1 saturated carbocycles. The number of carboxylic acid groups (broad SMARTS) is 1. The Labute approximate surface area is 144 Å². The summed E-state index contributed by atoms with van der Waals surface area (Å²) in [4.78, 5) is 22.6. The van der Waals surface area contributed by atoms with E-state index < -0.39 is 82.5 Å². The molecule has 0 saturated heterocycles. The summed E-state index contributed by atoms with van der Waals surface area (Å²) in [6.07, 6.45) is -7.55. The predicted octanol–water partition coefficient (Wildman–Crippen LogP) is 0.600. The van der Waals surface area contributed by atoms with Crippen LogP contribution in [-0.4, -0.2) is 50.0 Å². The smallest absolute Gasteiger partial charge is 0.336 e. The molecule has 0 spiro atoms. The molecule has 0 unspecified atom stereocenters. The minimum absolute atomic E-state index is 1.60. The lowest BCUT2D eigenvalue weighted by molar-refractivity contribution is -0.235. The van der Waals surface area contributed by atoms with Gasteiger partial charge in [0.15, 0.2) is 34.7 Å². The fraction of sp³-hybridized carbons (Fsp3) is 0.429. The van der Waals surface area contributed by atoms with E-state index in [1.165, 1.54) is 0 Å². The number of alkyl halides is 2. The first-order valence-corrected chi connectivity index (χ1v) is 6.93. The summed E-state index contributed by atoms with van der Waals surface area (Å²) in [5.41, 5.74) is -6.72. The maximum Gasteiger partial charge on any atom is 0.336 e. The zero-order valence-electron chi connectivity index (χ0n) is 12.7. The molecule has 1 fully saturated rings. The average molecular weight is 406 g/mol. The number of aliphatic carboxylic acids is 1. The molecule has 150 valence electrons. The monoisotopic (exact) mass is 406 g/mol. The van der Waals surface area contributed by atoms with E-state index in [0.717, 1.165) is 0 Å². The summed E-state index contributed by atoms with van der Waals surface area (Å²) in [5.74, 6) is -27.6. The second-order valence-corrected chi connectivity index (χ2v) is 5.85. The fourth-order valence-corrected chi connectivity index (χ4v) is 2.91. The highest BCUT2D eigenvalue weighted by atomic mass is 19.3. The summed E-state index contributed by atoms with van der Waals surface area (Å²) in [6, 6.07) is 0. The van der Waals surface area contributed by atoms with Crippen LogP contribution in [0.15, 0.2) is 0 Å². The molecule has 6 nitrogen and oxygen atoms in total. The summed E-state index contributed by atoms with van der Waals surface area (Å²) in [7, 11) is 0. The molecular weight excluding hydrogens is 397 g/mol. The topological polar surface area (TPSA) is 115 Å². The van der Waals surface area contributed by atoms with Gasteiger partial charge in [-0.05, 0) is 0 Å². The molecule has 27 heavy (non-hydrogen) atoms. The van der Waals surface area contributed by atoms with Crippen LogP contribution in [0.2, 0.25) is 0 Å². The van der Waals surface area contributed by atoms with E-state index in [0.29, 0.717) is 0 Å². The molecule has 4 atom stereocenters. The van der Waals surface area contributed by atoms with Gasteiger partial charge in [0.25, 0.3) is 5.92 Å². The molecule has 0 aromatic heterocycles. The summed E-state index contributed by atoms with van der Waals surface area (Å²) >= 11 is 0. The Morgan fingerprint density at radius 1 is 0.963 bits per heavy atom. The van der Waals surface area contributed by atoms with Crippen LogP contribution in [0, 0.1) is 35.0 Å². The maximum absolute atomic E-state index is 14.7. The molecular formula is C14H9F7O6. The van der Waals surface area contributed by atoms with Gasteiger partial charge in [0, 0.05) is 6.42 Å². The molecule has 1 aliphatic rings. The van der Waals surface area contributed by atoms with Crippen LogP contribution in [0.25, 0.3) is 0 Å². The highest BCUT2D eigenvalue weighted by Gasteiger charge is 2.67. The highest BCUT2D eigenvalue weighted by molar-refractivity contribution is 5.93. The molecule has 1 aromatic rings. The molecule has 4 N–H and O–H groups in total. The van der Waals surface area contributed by atoms with Crippen molar-refractivity contribution in [2.75, 3.05) is 0 Å². The van der Waals surface area contributed by atoms with Crippen molar-refractivity contribution in [2.45, 2.75) is 30.2 Å². The number of benzene rings is 1. The molecule has 0 aliphatic heterocycles. The Morgan fingerprint density at radius 2 is 1.37 bits per heavy atom. The summed E-state index contributed by atoms with van der Waals surface area (Å²) in [6.45, 7) is 0. The van der Waals surface area contributed by atoms with Crippen LogP contribution in [0.3, 0.4) is 0 Å². The van der Waals surface area contributed by atoms with Gasteiger partial charge in [-0.2, -0.15) is 0 Å². The number of hydrogen-bond donors (Lipinski definition) is 4. The Hall–Kier alpha value is -2.25. The summed E-state index contributed by atoms with van der Waals surface area (Å²) in [5, 5.41) is 38.0. The SMILES string of the molecule is O=C1C[C@](O)(C(=O)O)[C@@H](C(F)(F)c2c(F)c(F)c(F)c(F)c2F)[C@@H](O)[C@@H]1O. The first kappa shape index (κ1) is 21.1. The van der Waals surface area contributed by atoms with E-state index in [2.05, 4.69) is 0 Å². The maximum atomic E-state index is 14.7. The van der Waals surface area contributed by atoms with Crippen LogP contribution < -0.4 is 0 Å². The number of carboxylic acids is 1. The third-order valence-electron chi connectivity index (χ3n) is 4.26. The number of aliphatic hydroxyl groups excluding tert-OH is 2. The first-order valence-electron chi connectivity index (χ1n) is 6.93. The van der Waals surface area contributed by atoms with E-state index in [-0.39, 0.29) is 0 Å². The minimum Gasteiger partial charge on any atom is -0.479 e. The van der Waals surface area contributed by atoms with Crippen molar-refractivity contribution in [1.29, 1.82) is 0 Å². The lowest BCUT2D eigenvalue weighted by atomic mass is 9.67. The van der Waals surface area contributed by atoms with Gasteiger partial charge >= 0.3 is 5.97 Å². The molecule has 0 heterocycles. The van der Waals surface area contributed by atoms with Crippen molar-refractivity contribution in [3.63, 3.8) is 0 Å². The van der Waals surface area contributed by atoms with Crippen LogP contribution >= 0.6 is 0 Å². The molecule has 0 amide bonds. The molecule has 13 heteroatoms. The Bertz CT molecular complexity index is 800. The molecule has 0 bridgehead atoms. The van der Waals surface area contributed by atoms with Crippen LogP contribution in [0.5, 0.6) is 0 Å². The normalized spacial score (nSPS) is 29.1. The number of carbonyl (C=O) groups excluding carboxylic acids is 1. The van der Waals surface area contributed by atoms with Crippen molar-refractivity contribution in [2.24, 2.45) is 5.92 Å². The quantitative estimate of drug-likeness (QED) is 0.332. The third kappa shape index (κ3) is 2.85. The molecule has 1 aromatic carbocycles. The largest absolute Gasteiger partial charge is 0.479 e. The number of Topliss-reactive ketones (excluding diaryl/α,β-unsaturated/α-hetero) is 1. The van der Waals surface area contributed by atoms with Crippen molar-refractivity contribution >= 4 is 11.8 Å². The van der Waals surface area contributed by atoms with E-state index >= 15 is 0 Å². The van der Waals surface area contributed by atoms with E-state index in [1.54, 1.807) is 0 Å². The standard InChI is InChI=1S/C14H9F7O6/c15-4-3(5(16)7(18)8(19)6(4)17)14(20,21)11-10(24)9(23)2(22)1-13(11,27)12(25)26/h9-11,23-24,27H,1H2,(H,25,26)/t9-,10+,11+,13-/m1/s1. The van der Waals surface area contributed by atoms with Gasteiger partial charge in [0.05, 0.1) is 17.6 Å². The zero-order chi connectivity index (χ0) is 21.1. The van der Waals surface area contributed by atoms with Crippen LogP contribution in [0.4, 0.5) is 30.7 Å². The highest BCUT2D eigenvalue weighted by Crippen LogP contribution is 2.50. The number of rotatable bonds is 3. The Morgan fingerprint density at radius 3 is 1.78 bits per heavy atom. The number of carbonyl (C=O) groups is 2. The first-order chi connectivity index (χ1) is 12.2. The second kappa shape index (κ2) is 6.42. The summed E-state index contributed by atoms with van der Waals surface area (Å²) < 4.78 is 96.5. The van der Waals surface area contributed by atoms with Gasteiger partial charge in [-0.1, -0.05) is 0 Å². The van der Waals surface area contributed by atoms with Gasteiger partial charge in [-0.15, -0.1) is 0 Å². The van der Waals surface area contributed by atoms with E-state index in [9.17, 15) is 55.6 Å². The lowest BCUT2D eigenvalue weighted by Gasteiger charge is -2.44. The van der Waals surface area contributed by atoms with Gasteiger partial charge in [-0.25, -0.2) is 35.5 Å². The van der Waals surface area contributed by atoms with Gasteiger partial charge in [-0.3, -0.25) is 4.79 Å². The van der Waals surface area contributed by atoms with Crippen molar-refractivity contribution < 1.29 is 60.7 Å². The number of aliphatic hydroxyl groups is 3. The third-order valence-corrected chi connectivity index (χ3v) is 4.26. The molecule has 2 rings (SSSR count). The second-order valence-electron chi connectivity index (χ2n) is 5.85. The van der Waals surface area contributed by atoms with E-state index in [1.807, 2.05) is 0 Å². The number of hydrogen-bond acceptors (Lipinski definition) is 5. The predicted molar refractivity (Wildman–Crippen MR) is 67.8 cm³/mol. The number of halogens is 7. The molecule has 1 aliphatic carbocycles. The van der Waals surface area contributed by atoms with Gasteiger partial charge in [0.2, 0.25) is 5.82 Å². The molecule has 0 radical (unpaired) electrons.